The normalized spacial score (nSPS) is 21.3. The molecule has 0 aromatic carbocycles. The second-order valence-electron chi connectivity index (χ2n) is 5.69. The van der Waals surface area contributed by atoms with Crippen molar-refractivity contribution in [3.8, 4) is 0 Å². The standard InChI is InChI=1S/C15H16N4O2S/c20-15(21)18-5-1-10(2-6-18)12-13-11(4-8-22-13)3-7-19-14(12)16-9-17-19/h3-4,7-10,12H,1-2,5-6H2,(H,20,21)/p-1. The van der Waals surface area contributed by atoms with Crippen LogP contribution in [0.3, 0.4) is 0 Å². The highest BCUT2D eigenvalue weighted by Crippen LogP contribution is 2.42. The number of hydrogen-bond acceptors (Lipinski definition) is 5. The molecule has 2 aromatic rings. The van der Waals surface area contributed by atoms with E-state index in [0.29, 0.717) is 19.0 Å². The molecule has 4 heterocycles. The summed E-state index contributed by atoms with van der Waals surface area (Å²) in [5.74, 6) is 1.50. The van der Waals surface area contributed by atoms with Crippen molar-refractivity contribution < 1.29 is 9.90 Å². The number of fused-ring (bicyclic) bond motifs is 2. The fourth-order valence-electron chi connectivity index (χ4n) is 3.43. The van der Waals surface area contributed by atoms with Crippen LogP contribution in [0, 0.1) is 5.92 Å². The molecule has 0 bridgehead atoms. The van der Waals surface area contributed by atoms with Crippen molar-refractivity contribution in [2.45, 2.75) is 18.8 Å². The van der Waals surface area contributed by atoms with Gasteiger partial charge in [0, 0.05) is 24.2 Å². The summed E-state index contributed by atoms with van der Waals surface area (Å²) in [7, 11) is 0. The van der Waals surface area contributed by atoms with E-state index in [1.165, 1.54) is 15.3 Å². The summed E-state index contributed by atoms with van der Waals surface area (Å²) in [5.41, 5.74) is 1.21. The van der Waals surface area contributed by atoms with E-state index < -0.39 is 6.09 Å². The van der Waals surface area contributed by atoms with E-state index in [2.05, 4.69) is 27.6 Å². The molecule has 1 amide bonds. The van der Waals surface area contributed by atoms with E-state index >= 15 is 0 Å². The number of rotatable bonds is 1. The van der Waals surface area contributed by atoms with Crippen LogP contribution in [0.1, 0.15) is 35.0 Å². The molecule has 0 N–H and O–H groups in total. The molecule has 1 unspecified atom stereocenters. The Kier molecular flexibility index (Phi) is 3.22. The molecule has 4 rings (SSSR count). The summed E-state index contributed by atoms with van der Waals surface area (Å²) in [5, 5.41) is 17.4. The Morgan fingerprint density at radius 2 is 2.18 bits per heavy atom. The molecule has 0 aliphatic carbocycles. The van der Waals surface area contributed by atoms with Crippen molar-refractivity contribution in [2.24, 2.45) is 5.92 Å². The Labute approximate surface area is 131 Å². The van der Waals surface area contributed by atoms with Crippen molar-refractivity contribution in [1.29, 1.82) is 0 Å². The quantitative estimate of drug-likeness (QED) is 0.798. The van der Waals surface area contributed by atoms with Crippen LogP contribution in [0.4, 0.5) is 4.79 Å². The molecule has 0 spiro atoms. The minimum atomic E-state index is -1.07. The molecule has 2 aliphatic heterocycles. The Morgan fingerprint density at radius 1 is 1.36 bits per heavy atom. The minimum Gasteiger partial charge on any atom is -0.530 e. The van der Waals surface area contributed by atoms with Gasteiger partial charge in [-0.2, -0.15) is 5.10 Å². The number of likely N-dealkylation sites (tertiary alicyclic amines) is 1. The molecule has 2 aromatic heterocycles. The maximum absolute atomic E-state index is 11.0. The minimum absolute atomic E-state index is 0.177. The number of carboxylic acid groups (broad SMARTS) is 1. The predicted octanol–water partition coefficient (Wildman–Crippen LogP) is 1.47. The summed E-state index contributed by atoms with van der Waals surface area (Å²) in [6.45, 7) is 1.07. The lowest BCUT2D eigenvalue weighted by atomic mass is 9.82. The van der Waals surface area contributed by atoms with Gasteiger partial charge < -0.3 is 14.8 Å². The van der Waals surface area contributed by atoms with E-state index in [1.807, 2.05) is 10.9 Å². The highest BCUT2D eigenvalue weighted by molar-refractivity contribution is 7.10. The van der Waals surface area contributed by atoms with Crippen LogP contribution < -0.4 is 5.11 Å². The Bertz CT molecular complexity index is 683. The Hall–Kier alpha value is -2.15. The highest BCUT2D eigenvalue weighted by Gasteiger charge is 2.34. The fraction of sp³-hybridized carbons (Fsp3) is 0.400. The molecule has 1 saturated heterocycles. The molecule has 1 fully saturated rings. The van der Waals surface area contributed by atoms with Crippen LogP contribution in [0.25, 0.3) is 12.3 Å². The van der Waals surface area contributed by atoms with Gasteiger partial charge in [-0.25, -0.2) is 9.67 Å². The SMILES string of the molecule is O=C([O-])N1CCC(C2c3sccc3C=Cn3ncnc32)CC1. The largest absolute Gasteiger partial charge is 0.530 e. The first kappa shape index (κ1) is 13.5. The van der Waals surface area contributed by atoms with E-state index in [-0.39, 0.29) is 5.92 Å². The van der Waals surface area contributed by atoms with Crippen LogP contribution in [0.2, 0.25) is 0 Å². The van der Waals surface area contributed by atoms with Crippen LogP contribution in [0.15, 0.2) is 17.8 Å². The lowest BCUT2D eigenvalue weighted by molar-refractivity contribution is -0.266. The maximum Gasteiger partial charge on any atom is 0.140 e. The van der Waals surface area contributed by atoms with Crippen LogP contribution in [-0.2, 0) is 0 Å². The van der Waals surface area contributed by atoms with Crippen molar-refractivity contribution in [1.82, 2.24) is 19.7 Å². The smallest absolute Gasteiger partial charge is 0.140 e. The lowest BCUT2D eigenvalue weighted by Crippen LogP contribution is -2.46. The molecule has 0 radical (unpaired) electrons. The van der Waals surface area contributed by atoms with Crippen molar-refractivity contribution in [2.75, 3.05) is 13.1 Å². The van der Waals surface area contributed by atoms with Crippen molar-refractivity contribution >= 4 is 29.7 Å². The monoisotopic (exact) mass is 315 g/mol. The molecular weight excluding hydrogens is 300 g/mol. The van der Waals surface area contributed by atoms with Gasteiger partial charge in [0.05, 0.1) is 5.92 Å². The second-order valence-corrected chi connectivity index (χ2v) is 6.63. The van der Waals surface area contributed by atoms with Gasteiger partial charge in [0.25, 0.3) is 0 Å². The highest BCUT2D eigenvalue weighted by atomic mass is 32.1. The number of carbonyl (C=O) groups excluding carboxylic acids is 1. The second kappa shape index (κ2) is 5.24. The van der Waals surface area contributed by atoms with Gasteiger partial charge >= 0.3 is 0 Å². The third kappa shape index (κ3) is 2.12. The number of aromatic nitrogens is 3. The average molecular weight is 315 g/mol. The summed E-state index contributed by atoms with van der Waals surface area (Å²) >= 11 is 1.74. The van der Waals surface area contributed by atoms with Gasteiger partial charge in [0.15, 0.2) is 0 Å². The molecule has 7 heteroatoms. The molecular formula is C15H15N4O2S-. The van der Waals surface area contributed by atoms with Crippen LogP contribution >= 0.6 is 11.3 Å². The molecule has 1 atom stereocenters. The molecule has 0 saturated carbocycles. The number of hydrogen-bond donors (Lipinski definition) is 0. The van der Waals surface area contributed by atoms with Gasteiger partial charge in [0.2, 0.25) is 0 Å². The van der Waals surface area contributed by atoms with Crippen molar-refractivity contribution in [3.05, 3.63) is 34.0 Å². The number of piperidine rings is 1. The van der Waals surface area contributed by atoms with Gasteiger partial charge in [-0.05, 0) is 41.8 Å². The number of carbonyl (C=O) groups is 1. The van der Waals surface area contributed by atoms with Crippen LogP contribution in [-0.4, -0.2) is 38.8 Å². The first-order valence-corrected chi connectivity index (χ1v) is 8.23. The molecule has 114 valence electrons. The first-order chi connectivity index (χ1) is 10.7. The number of amides is 1. The fourth-order valence-corrected chi connectivity index (χ4v) is 4.50. The van der Waals surface area contributed by atoms with E-state index in [9.17, 15) is 9.90 Å². The zero-order valence-corrected chi connectivity index (χ0v) is 12.7. The van der Waals surface area contributed by atoms with E-state index in [1.54, 1.807) is 17.7 Å². The Balaban J connectivity index is 1.68. The third-order valence-electron chi connectivity index (χ3n) is 4.55. The zero-order chi connectivity index (χ0) is 15.1. The average Bonchev–Trinajstić information content (AvgIpc) is 3.14. The third-order valence-corrected chi connectivity index (χ3v) is 5.57. The number of nitrogens with zero attached hydrogens (tertiary/aromatic N) is 4. The van der Waals surface area contributed by atoms with E-state index in [0.717, 1.165) is 18.7 Å². The lowest BCUT2D eigenvalue weighted by Gasteiger charge is -2.36. The Morgan fingerprint density at radius 3 is 2.95 bits per heavy atom. The van der Waals surface area contributed by atoms with E-state index in [4.69, 9.17) is 0 Å². The predicted molar refractivity (Wildman–Crippen MR) is 81.1 cm³/mol. The molecule has 2 aliphatic rings. The van der Waals surface area contributed by atoms with Crippen molar-refractivity contribution in [3.63, 3.8) is 0 Å². The van der Waals surface area contributed by atoms with Gasteiger partial charge in [-0.1, -0.05) is 0 Å². The van der Waals surface area contributed by atoms with Gasteiger partial charge in [0.1, 0.15) is 18.2 Å². The zero-order valence-electron chi connectivity index (χ0n) is 11.9. The maximum atomic E-state index is 11.0. The summed E-state index contributed by atoms with van der Waals surface area (Å²) in [6.07, 6.45) is 6.18. The molecule has 6 nitrogen and oxygen atoms in total. The van der Waals surface area contributed by atoms with Crippen LogP contribution in [0.5, 0.6) is 0 Å². The summed E-state index contributed by atoms with van der Waals surface area (Å²) in [6, 6.07) is 2.12. The topological polar surface area (TPSA) is 74.1 Å². The summed E-state index contributed by atoms with van der Waals surface area (Å²) in [4.78, 5) is 18.2. The van der Waals surface area contributed by atoms with Gasteiger partial charge in [-0.3, -0.25) is 0 Å². The van der Waals surface area contributed by atoms with Gasteiger partial charge in [-0.15, -0.1) is 11.3 Å². The molecule has 22 heavy (non-hydrogen) atoms. The first-order valence-electron chi connectivity index (χ1n) is 7.35. The number of thiophene rings is 1. The summed E-state index contributed by atoms with van der Waals surface area (Å²) < 4.78 is 1.84.